The van der Waals surface area contributed by atoms with Gasteiger partial charge in [-0.25, -0.2) is 9.41 Å². The molecule has 0 saturated carbocycles. The summed E-state index contributed by atoms with van der Waals surface area (Å²) in [7, 11) is -4.54. The lowest BCUT2D eigenvalue weighted by atomic mass is 10.2. The Labute approximate surface area is 156 Å². The average molecular weight is 390 g/mol. The van der Waals surface area contributed by atoms with E-state index in [0.29, 0.717) is 41.3 Å². The van der Waals surface area contributed by atoms with E-state index < -0.39 is 7.82 Å². The van der Waals surface area contributed by atoms with Crippen LogP contribution in [0.15, 0.2) is 18.2 Å². The number of rotatable bonds is 8. The fraction of sp³-hybridized carbons (Fsp3) is 0.353. The molecule has 0 unspecified atom stereocenters. The van der Waals surface area contributed by atoms with Gasteiger partial charge in [0, 0.05) is 5.56 Å². The number of phosphoric ester groups is 1. The maximum Gasteiger partial charge on any atom is 0.469 e. The number of ether oxygens (including phenoxy) is 1. The van der Waals surface area contributed by atoms with E-state index in [2.05, 4.69) is 14.5 Å². The summed E-state index contributed by atoms with van der Waals surface area (Å²) in [6, 6.07) is 6.56. The zero-order valence-electron chi connectivity index (χ0n) is 14.9. The lowest BCUT2D eigenvalue weighted by Gasteiger charge is -2.10. The predicted octanol–water partition coefficient (Wildman–Crippen LogP) is 3.33. The van der Waals surface area contributed by atoms with Crippen molar-refractivity contribution in [3.05, 3.63) is 46.6 Å². The molecule has 2 N–H and O–H groups in total. The van der Waals surface area contributed by atoms with Gasteiger partial charge in [-0.05, 0) is 31.0 Å². The third-order valence-electron chi connectivity index (χ3n) is 3.68. The van der Waals surface area contributed by atoms with Crippen molar-refractivity contribution in [1.82, 2.24) is 9.78 Å². The van der Waals surface area contributed by atoms with Crippen LogP contribution in [0.4, 0.5) is 5.69 Å². The second-order valence-electron chi connectivity index (χ2n) is 5.52. The van der Waals surface area contributed by atoms with Gasteiger partial charge >= 0.3 is 7.82 Å². The first-order chi connectivity index (χ1) is 12.8. The Morgan fingerprint density at radius 2 is 2.07 bits per heavy atom. The molecule has 27 heavy (non-hydrogen) atoms. The molecule has 0 atom stereocenters. The number of aromatic nitrogens is 2. The van der Waals surface area contributed by atoms with E-state index in [-0.39, 0.29) is 13.2 Å². The van der Waals surface area contributed by atoms with Gasteiger partial charge in [-0.2, -0.15) is 10.4 Å². The van der Waals surface area contributed by atoms with Crippen LogP contribution in [0.5, 0.6) is 11.5 Å². The van der Waals surface area contributed by atoms with E-state index >= 15 is 0 Å². The lowest BCUT2D eigenvalue weighted by Crippen LogP contribution is -2.10. The number of aryl methyl sites for hydroxylation is 1. The third kappa shape index (κ3) is 5.40. The molecule has 0 bridgehead atoms. The summed E-state index contributed by atoms with van der Waals surface area (Å²) in [5.74, 6) is 0.873. The molecule has 1 aromatic heterocycles. The third-order valence-corrected chi connectivity index (χ3v) is 4.20. The molecular formula is C17H19N4O5P. The molecule has 0 radical (unpaired) electrons. The van der Waals surface area contributed by atoms with Crippen LogP contribution in [-0.2, 0) is 28.5 Å². The molecule has 1 aromatic carbocycles. The van der Waals surface area contributed by atoms with E-state index in [1.54, 1.807) is 16.8 Å². The molecule has 0 aliphatic carbocycles. The van der Waals surface area contributed by atoms with Crippen LogP contribution in [0.3, 0.4) is 0 Å². The smallest absolute Gasteiger partial charge is 0.455 e. The van der Waals surface area contributed by atoms with E-state index in [9.17, 15) is 4.57 Å². The molecule has 142 valence electrons. The Bertz CT molecular complexity index is 919. The number of hydrogen-bond acceptors (Lipinski definition) is 5. The average Bonchev–Trinajstić information content (AvgIpc) is 2.96. The summed E-state index contributed by atoms with van der Waals surface area (Å²) in [4.78, 5) is 21.0. The van der Waals surface area contributed by atoms with Gasteiger partial charge in [0.15, 0.2) is 11.4 Å². The summed E-state index contributed by atoms with van der Waals surface area (Å²) in [5, 5.41) is 13.5. The van der Waals surface area contributed by atoms with Crippen LogP contribution in [0.2, 0.25) is 0 Å². The molecular weight excluding hydrogens is 371 g/mol. The second kappa shape index (κ2) is 8.81. The van der Waals surface area contributed by atoms with Crippen molar-refractivity contribution in [2.45, 2.75) is 33.2 Å². The Morgan fingerprint density at radius 3 is 2.63 bits per heavy atom. The highest BCUT2D eigenvalue weighted by molar-refractivity contribution is 7.46. The summed E-state index contributed by atoms with van der Waals surface area (Å²) in [6.07, 6.45) is 1.13. The minimum atomic E-state index is -4.54. The van der Waals surface area contributed by atoms with E-state index in [0.717, 1.165) is 5.69 Å². The van der Waals surface area contributed by atoms with Crippen LogP contribution < -0.4 is 4.74 Å². The number of benzene rings is 1. The van der Waals surface area contributed by atoms with Crippen molar-refractivity contribution >= 4 is 13.5 Å². The zero-order chi connectivity index (χ0) is 20.0. The van der Waals surface area contributed by atoms with Gasteiger partial charge in [-0.15, -0.1) is 0 Å². The van der Waals surface area contributed by atoms with Gasteiger partial charge < -0.3 is 14.5 Å². The number of nitrogens with zero attached hydrogens (tertiary/aromatic N) is 4. The Hall–Kier alpha value is -2.68. The first kappa shape index (κ1) is 20.6. The monoisotopic (exact) mass is 390 g/mol. The molecule has 0 fully saturated rings. The summed E-state index contributed by atoms with van der Waals surface area (Å²) in [6.45, 7) is 10.9. The highest BCUT2D eigenvalue weighted by Gasteiger charge is 2.20. The van der Waals surface area contributed by atoms with Gasteiger partial charge in [0.25, 0.3) is 0 Å². The zero-order valence-corrected chi connectivity index (χ0v) is 15.8. The van der Waals surface area contributed by atoms with Gasteiger partial charge in [0.05, 0.1) is 31.5 Å². The van der Waals surface area contributed by atoms with Gasteiger partial charge in [-0.3, -0.25) is 9.21 Å². The lowest BCUT2D eigenvalue weighted by molar-refractivity contribution is 0.187. The summed E-state index contributed by atoms with van der Waals surface area (Å²) < 4.78 is 22.9. The molecule has 0 aliphatic rings. The van der Waals surface area contributed by atoms with Crippen LogP contribution in [0, 0.1) is 17.9 Å². The number of nitriles is 1. The van der Waals surface area contributed by atoms with E-state index in [1.165, 1.54) is 6.07 Å². The Balaban J connectivity index is 2.35. The normalized spacial score (nSPS) is 11.0. The van der Waals surface area contributed by atoms with Crippen molar-refractivity contribution in [3.8, 4) is 17.6 Å². The molecule has 9 nitrogen and oxygen atoms in total. The first-order valence-corrected chi connectivity index (χ1v) is 9.73. The van der Waals surface area contributed by atoms with Crippen molar-refractivity contribution in [3.63, 3.8) is 0 Å². The topological polar surface area (TPSA) is 122 Å². The maximum atomic E-state index is 10.8. The van der Waals surface area contributed by atoms with Gasteiger partial charge in [0.1, 0.15) is 11.4 Å². The first-order valence-electron chi connectivity index (χ1n) is 8.20. The quantitative estimate of drug-likeness (QED) is 0.524. The largest absolute Gasteiger partial charge is 0.469 e. The summed E-state index contributed by atoms with van der Waals surface area (Å²) >= 11 is 0. The molecule has 10 heteroatoms. The molecule has 0 amide bonds. The van der Waals surface area contributed by atoms with Crippen LogP contribution in [0.25, 0.3) is 4.85 Å². The van der Waals surface area contributed by atoms with Gasteiger partial charge in [0.2, 0.25) is 0 Å². The Morgan fingerprint density at radius 1 is 1.33 bits per heavy atom. The molecule has 0 spiro atoms. The van der Waals surface area contributed by atoms with Crippen molar-refractivity contribution < 1.29 is 23.6 Å². The van der Waals surface area contributed by atoms with Crippen molar-refractivity contribution in [1.29, 1.82) is 5.26 Å². The second-order valence-corrected chi connectivity index (χ2v) is 6.76. The molecule has 2 rings (SSSR count). The van der Waals surface area contributed by atoms with E-state index in [4.69, 9.17) is 26.4 Å². The van der Waals surface area contributed by atoms with Gasteiger partial charge in [-0.1, -0.05) is 13.8 Å². The van der Waals surface area contributed by atoms with E-state index in [1.807, 2.05) is 19.9 Å². The standard InChI is InChI=1S/C17H19N4O5P/c1-4-15-17(26-14-9-12(11-18)8-13(10-14)19-3)16(5-2)21(20-15)6-7-25-27(22,23)24/h8-10H,4-7H2,1-2H3,(H2,22,23,24). The number of phosphoric acid groups is 1. The molecule has 0 saturated heterocycles. The predicted molar refractivity (Wildman–Crippen MR) is 96.5 cm³/mol. The van der Waals surface area contributed by atoms with Crippen molar-refractivity contribution in [2.24, 2.45) is 0 Å². The van der Waals surface area contributed by atoms with Crippen LogP contribution >= 0.6 is 7.82 Å². The fourth-order valence-electron chi connectivity index (χ4n) is 2.55. The maximum absolute atomic E-state index is 10.8. The molecule has 2 aromatic rings. The molecule has 1 heterocycles. The number of hydrogen-bond donors (Lipinski definition) is 2. The summed E-state index contributed by atoms with van der Waals surface area (Å²) in [5.41, 5.74) is 2.00. The highest BCUT2D eigenvalue weighted by atomic mass is 31.2. The van der Waals surface area contributed by atoms with Crippen LogP contribution in [-0.4, -0.2) is 26.2 Å². The fourth-order valence-corrected chi connectivity index (χ4v) is 2.87. The van der Waals surface area contributed by atoms with Crippen molar-refractivity contribution in [2.75, 3.05) is 6.61 Å². The highest BCUT2D eigenvalue weighted by Crippen LogP contribution is 2.36. The Kier molecular flexibility index (Phi) is 6.73. The van der Waals surface area contributed by atoms with Crippen LogP contribution in [0.1, 0.15) is 30.8 Å². The SMILES string of the molecule is [C-]#[N+]c1cc(C#N)cc(Oc2c(CC)nn(CCOP(=O)(O)O)c2CC)c1. The minimum Gasteiger partial charge on any atom is -0.455 e. The molecule has 0 aliphatic heterocycles. The minimum absolute atomic E-state index is 0.149.